The van der Waals surface area contributed by atoms with E-state index in [0.717, 1.165) is 36.9 Å². The summed E-state index contributed by atoms with van der Waals surface area (Å²) in [5.41, 5.74) is 7.79. The molecule has 2 N–H and O–H groups in total. The molecule has 0 radical (unpaired) electrons. The predicted molar refractivity (Wildman–Crippen MR) is 83.8 cm³/mol. The second-order valence-corrected chi connectivity index (χ2v) is 6.05. The van der Waals surface area contributed by atoms with Gasteiger partial charge < -0.3 is 10.6 Å². The summed E-state index contributed by atoms with van der Waals surface area (Å²) in [6, 6.07) is 8.03. The van der Waals surface area contributed by atoms with Gasteiger partial charge in [0.2, 0.25) is 5.91 Å². The third-order valence-electron chi connectivity index (χ3n) is 4.69. The van der Waals surface area contributed by atoms with Gasteiger partial charge in [-0.15, -0.1) is 0 Å². The Morgan fingerprint density at radius 1 is 1.20 bits per heavy atom. The van der Waals surface area contributed by atoms with E-state index in [1.807, 2.05) is 43.1 Å². The molecule has 1 aromatic rings. The Labute approximate surface area is 122 Å². The fraction of sp³-hybridized carbons (Fsp3) is 0.588. The number of aryl methyl sites for hydroxylation is 1. The lowest BCUT2D eigenvalue weighted by atomic mass is 9.79. The maximum absolute atomic E-state index is 13.0. The molecule has 0 bridgehead atoms. The van der Waals surface area contributed by atoms with Crippen molar-refractivity contribution in [3.05, 3.63) is 29.8 Å². The Balaban J connectivity index is 2.26. The monoisotopic (exact) mass is 274 g/mol. The van der Waals surface area contributed by atoms with E-state index in [4.69, 9.17) is 5.73 Å². The van der Waals surface area contributed by atoms with Gasteiger partial charge in [0.1, 0.15) is 0 Å². The number of hydrogen-bond acceptors (Lipinski definition) is 2. The summed E-state index contributed by atoms with van der Waals surface area (Å²) in [4.78, 5) is 14.8. The first-order chi connectivity index (χ1) is 9.60. The van der Waals surface area contributed by atoms with E-state index in [2.05, 4.69) is 0 Å². The Hall–Kier alpha value is -1.35. The second-order valence-electron chi connectivity index (χ2n) is 6.05. The number of carbonyl (C=O) groups excluding carboxylic acids is 1. The minimum absolute atomic E-state index is 0.191. The smallest absolute Gasteiger partial charge is 0.234 e. The second kappa shape index (κ2) is 6.40. The average molecular weight is 274 g/mol. The van der Waals surface area contributed by atoms with Crippen molar-refractivity contribution in [3.8, 4) is 0 Å². The molecule has 0 aromatic heterocycles. The highest BCUT2D eigenvalue weighted by atomic mass is 16.2. The van der Waals surface area contributed by atoms with Gasteiger partial charge >= 0.3 is 0 Å². The zero-order valence-electron chi connectivity index (χ0n) is 12.7. The normalized spacial score (nSPS) is 18.4. The minimum atomic E-state index is -0.354. The third kappa shape index (κ3) is 2.88. The molecule has 0 atom stereocenters. The van der Waals surface area contributed by atoms with E-state index in [-0.39, 0.29) is 11.3 Å². The van der Waals surface area contributed by atoms with Gasteiger partial charge in [0.05, 0.1) is 5.41 Å². The van der Waals surface area contributed by atoms with Gasteiger partial charge in [0.15, 0.2) is 0 Å². The summed E-state index contributed by atoms with van der Waals surface area (Å²) < 4.78 is 0. The van der Waals surface area contributed by atoms with E-state index in [1.54, 1.807) is 0 Å². The lowest BCUT2D eigenvalue weighted by Crippen LogP contribution is -2.46. The molecule has 1 aliphatic carbocycles. The lowest BCUT2D eigenvalue weighted by molar-refractivity contribution is -0.128. The molecular formula is C17H26N2O. The zero-order chi connectivity index (χ0) is 14.6. The summed E-state index contributed by atoms with van der Waals surface area (Å²) in [7, 11) is 1.88. The predicted octanol–water partition coefficient (Wildman–Crippen LogP) is 3.26. The topological polar surface area (TPSA) is 46.3 Å². The van der Waals surface area contributed by atoms with Crippen LogP contribution in [-0.2, 0) is 4.79 Å². The van der Waals surface area contributed by atoms with Crippen molar-refractivity contribution < 1.29 is 4.79 Å². The fourth-order valence-corrected chi connectivity index (χ4v) is 3.32. The van der Waals surface area contributed by atoms with Crippen LogP contribution >= 0.6 is 0 Å². The van der Waals surface area contributed by atoms with Gasteiger partial charge in [-0.05, 0) is 31.4 Å². The molecule has 1 aliphatic rings. The maximum Gasteiger partial charge on any atom is 0.234 e. The quantitative estimate of drug-likeness (QED) is 0.860. The van der Waals surface area contributed by atoms with Crippen molar-refractivity contribution in [2.24, 2.45) is 11.1 Å². The van der Waals surface area contributed by atoms with Crippen LogP contribution in [0.5, 0.6) is 0 Å². The van der Waals surface area contributed by atoms with Crippen molar-refractivity contribution in [1.29, 1.82) is 0 Å². The molecule has 1 aromatic carbocycles. The molecule has 0 spiro atoms. The Bertz CT molecular complexity index is 462. The van der Waals surface area contributed by atoms with Crippen LogP contribution in [0.1, 0.15) is 44.1 Å². The summed E-state index contributed by atoms with van der Waals surface area (Å²) >= 11 is 0. The van der Waals surface area contributed by atoms with E-state index in [1.165, 1.54) is 12.8 Å². The molecule has 110 valence electrons. The summed E-state index contributed by atoms with van der Waals surface area (Å²) in [6.45, 7) is 2.50. The third-order valence-corrected chi connectivity index (χ3v) is 4.69. The number of nitrogens with zero attached hydrogens (tertiary/aromatic N) is 1. The van der Waals surface area contributed by atoms with Gasteiger partial charge in [-0.3, -0.25) is 4.79 Å². The average Bonchev–Trinajstić information content (AvgIpc) is 2.72. The Morgan fingerprint density at radius 2 is 1.80 bits per heavy atom. The molecular weight excluding hydrogens is 248 g/mol. The number of hydrogen-bond donors (Lipinski definition) is 1. The highest BCUT2D eigenvalue weighted by molar-refractivity contribution is 5.98. The van der Waals surface area contributed by atoms with Crippen LogP contribution in [0.4, 0.5) is 5.69 Å². The molecule has 20 heavy (non-hydrogen) atoms. The number of carbonyl (C=O) groups is 1. The minimum Gasteiger partial charge on any atom is -0.329 e. The van der Waals surface area contributed by atoms with E-state index in [9.17, 15) is 4.79 Å². The molecule has 0 unspecified atom stereocenters. The molecule has 1 fully saturated rings. The Morgan fingerprint density at radius 3 is 2.35 bits per heavy atom. The number of para-hydroxylation sites is 1. The first-order valence-corrected chi connectivity index (χ1v) is 7.64. The van der Waals surface area contributed by atoms with Gasteiger partial charge in [-0.2, -0.15) is 0 Å². The van der Waals surface area contributed by atoms with E-state index in [0.29, 0.717) is 6.54 Å². The van der Waals surface area contributed by atoms with Crippen molar-refractivity contribution in [2.45, 2.75) is 45.4 Å². The number of rotatable bonds is 3. The van der Waals surface area contributed by atoms with Crippen molar-refractivity contribution >= 4 is 11.6 Å². The standard InChI is InChI=1S/C17H26N2O/c1-14-9-5-6-10-15(14)19(2)16(20)17(13-18)11-7-3-4-8-12-17/h5-6,9-10H,3-4,7-8,11-13,18H2,1-2H3. The number of anilines is 1. The lowest BCUT2D eigenvalue weighted by Gasteiger charge is -2.34. The summed E-state index contributed by atoms with van der Waals surface area (Å²) in [5, 5.41) is 0. The number of amides is 1. The van der Waals surface area contributed by atoms with Crippen molar-refractivity contribution in [2.75, 3.05) is 18.5 Å². The first kappa shape index (κ1) is 15.0. The van der Waals surface area contributed by atoms with Crippen LogP contribution in [0.2, 0.25) is 0 Å². The van der Waals surface area contributed by atoms with Crippen LogP contribution in [0, 0.1) is 12.3 Å². The van der Waals surface area contributed by atoms with Gasteiger partial charge in [0.25, 0.3) is 0 Å². The number of nitrogens with two attached hydrogens (primary N) is 1. The van der Waals surface area contributed by atoms with Crippen molar-refractivity contribution in [3.63, 3.8) is 0 Å². The van der Waals surface area contributed by atoms with Gasteiger partial charge in [-0.1, -0.05) is 43.9 Å². The molecule has 0 aliphatic heterocycles. The molecule has 2 rings (SSSR count). The molecule has 3 heteroatoms. The summed E-state index contributed by atoms with van der Waals surface area (Å²) in [5.74, 6) is 0.191. The van der Waals surface area contributed by atoms with Crippen molar-refractivity contribution in [1.82, 2.24) is 0 Å². The first-order valence-electron chi connectivity index (χ1n) is 7.64. The highest BCUT2D eigenvalue weighted by Crippen LogP contribution is 2.37. The molecule has 0 saturated heterocycles. The Kier molecular flexibility index (Phi) is 4.81. The van der Waals surface area contributed by atoms with Gasteiger partial charge in [0, 0.05) is 19.3 Å². The SMILES string of the molecule is Cc1ccccc1N(C)C(=O)C1(CN)CCCCCC1. The van der Waals surface area contributed by atoms with Gasteiger partial charge in [-0.25, -0.2) is 0 Å². The fourth-order valence-electron chi connectivity index (χ4n) is 3.32. The summed E-state index contributed by atoms with van der Waals surface area (Å²) in [6.07, 6.45) is 6.54. The largest absolute Gasteiger partial charge is 0.329 e. The zero-order valence-corrected chi connectivity index (χ0v) is 12.7. The van der Waals surface area contributed by atoms with Crippen LogP contribution in [-0.4, -0.2) is 19.5 Å². The van der Waals surface area contributed by atoms with E-state index >= 15 is 0 Å². The van der Waals surface area contributed by atoms with Crippen LogP contribution in [0.25, 0.3) is 0 Å². The molecule has 0 heterocycles. The van der Waals surface area contributed by atoms with Crippen LogP contribution < -0.4 is 10.6 Å². The van der Waals surface area contributed by atoms with Crippen LogP contribution in [0.15, 0.2) is 24.3 Å². The molecule has 1 amide bonds. The van der Waals surface area contributed by atoms with Crippen LogP contribution in [0.3, 0.4) is 0 Å². The molecule has 3 nitrogen and oxygen atoms in total. The highest BCUT2D eigenvalue weighted by Gasteiger charge is 2.39. The maximum atomic E-state index is 13.0. The molecule has 1 saturated carbocycles. The number of benzene rings is 1. The van der Waals surface area contributed by atoms with E-state index < -0.39 is 0 Å².